The number of methoxy groups -OCH3 is 1. The van der Waals surface area contributed by atoms with E-state index in [1.54, 1.807) is 30.0 Å². The van der Waals surface area contributed by atoms with Gasteiger partial charge in [-0.2, -0.15) is 0 Å². The molecule has 0 bridgehead atoms. The molecule has 0 radical (unpaired) electrons. The molecule has 0 saturated carbocycles. The lowest BCUT2D eigenvalue weighted by atomic mass is 10.2. The number of rotatable bonds is 6. The van der Waals surface area contributed by atoms with Crippen LogP contribution in [0.5, 0.6) is 17.4 Å². The van der Waals surface area contributed by atoms with Crippen LogP contribution in [0.4, 0.5) is 10.5 Å². The third kappa shape index (κ3) is 4.65. The summed E-state index contributed by atoms with van der Waals surface area (Å²) < 4.78 is 12.7. The molecule has 31 heavy (non-hydrogen) atoms. The standard InChI is InChI=1S/C23H23N5O3/c1-15-8-17(11-20(9-15)30-3)27-23(29)28-7-6-16-10-19(4-5-21(16)28)31-22-12-18(13-24-2)25-14-26-22/h4-12,14,24H,13H2,1-3H3,(H,27,29). The van der Waals surface area contributed by atoms with Crippen LogP contribution >= 0.6 is 0 Å². The van der Waals surface area contributed by atoms with Gasteiger partial charge in [-0.25, -0.2) is 14.8 Å². The van der Waals surface area contributed by atoms with E-state index in [1.165, 1.54) is 6.33 Å². The first kappa shape index (κ1) is 20.4. The number of anilines is 1. The molecule has 0 unspecified atom stereocenters. The van der Waals surface area contributed by atoms with Crippen LogP contribution in [0.3, 0.4) is 0 Å². The van der Waals surface area contributed by atoms with Crippen LogP contribution in [0.1, 0.15) is 11.3 Å². The van der Waals surface area contributed by atoms with Gasteiger partial charge in [-0.05, 0) is 55.9 Å². The molecule has 0 aliphatic rings. The van der Waals surface area contributed by atoms with Gasteiger partial charge in [0, 0.05) is 35.9 Å². The van der Waals surface area contributed by atoms with Crippen molar-refractivity contribution in [1.29, 1.82) is 0 Å². The molecule has 8 heteroatoms. The van der Waals surface area contributed by atoms with E-state index in [-0.39, 0.29) is 6.03 Å². The molecule has 2 aromatic heterocycles. The summed E-state index contributed by atoms with van der Waals surface area (Å²) in [6, 6.07) is 14.5. The van der Waals surface area contributed by atoms with Gasteiger partial charge in [0.15, 0.2) is 0 Å². The van der Waals surface area contributed by atoms with Crippen molar-refractivity contribution in [2.45, 2.75) is 13.5 Å². The Morgan fingerprint density at radius 1 is 1.06 bits per heavy atom. The molecular formula is C23H23N5O3. The van der Waals surface area contributed by atoms with Crippen molar-refractivity contribution in [3.8, 4) is 17.4 Å². The van der Waals surface area contributed by atoms with E-state index in [9.17, 15) is 4.79 Å². The van der Waals surface area contributed by atoms with Crippen molar-refractivity contribution >= 4 is 22.6 Å². The number of aryl methyl sites for hydroxylation is 1. The lowest BCUT2D eigenvalue weighted by Gasteiger charge is -2.10. The molecule has 0 saturated heterocycles. The summed E-state index contributed by atoms with van der Waals surface area (Å²) in [7, 11) is 3.45. The normalized spacial score (nSPS) is 10.8. The van der Waals surface area contributed by atoms with Crippen LogP contribution < -0.4 is 20.1 Å². The van der Waals surface area contributed by atoms with Crippen LogP contribution in [0.2, 0.25) is 0 Å². The Labute approximate surface area is 179 Å². The molecule has 2 aromatic carbocycles. The molecule has 0 spiro atoms. The van der Waals surface area contributed by atoms with Crippen molar-refractivity contribution in [2.75, 3.05) is 19.5 Å². The van der Waals surface area contributed by atoms with E-state index >= 15 is 0 Å². The lowest BCUT2D eigenvalue weighted by Crippen LogP contribution is -2.18. The Morgan fingerprint density at radius 3 is 2.74 bits per heavy atom. The van der Waals surface area contributed by atoms with E-state index in [0.29, 0.717) is 29.6 Å². The number of carbonyl (C=O) groups is 1. The fraction of sp³-hybridized carbons (Fsp3) is 0.174. The number of nitrogens with zero attached hydrogens (tertiary/aromatic N) is 3. The first-order chi connectivity index (χ1) is 15.1. The van der Waals surface area contributed by atoms with Gasteiger partial charge in [0.05, 0.1) is 18.3 Å². The van der Waals surface area contributed by atoms with Crippen LogP contribution in [0.25, 0.3) is 10.9 Å². The van der Waals surface area contributed by atoms with Gasteiger partial charge in [-0.3, -0.25) is 4.57 Å². The Balaban J connectivity index is 1.54. The molecule has 4 rings (SSSR count). The van der Waals surface area contributed by atoms with Gasteiger partial charge in [0.2, 0.25) is 5.88 Å². The smallest absolute Gasteiger partial charge is 0.330 e. The van der Waals surface area contributed by atoms with E-state index in [2.05, 4.69) is 20.6 Å². The minimum Gasteiger partial charge on any atom is -0.497 e. The number of amides is 1. The zero-order chi connectivity index (χ0) is 21.8. The molecule has 8 nitrogen and oxygen atoms in total. The molecule has 0 fully saturated rings. The number of carbonyl (C=O) groups excluding carboxylic acids is 1. The van der Waals surface area contributed by atoms with Crippen molar-refractivity contribution in [1.82, 2.24) is 19.9 Å². The quantitative estimate of drug-likeness (QED) is 0.485. The highest BCUT2D eigenvalue weighted by molar-refractivity contribution is 5.99. The van der Waals surface area contributed by atoms with E-state index < -0.39 is 0 Å². The highest BCUT2D eigenvalue weighted by atomic mass is 16.5. The topological polar surface area (TPSA) is 90.3 Å². The molecule has 2 N–H and O–H groups in total. The number of ether oxygens (including phenoxy) is 2. The van der Waals surface area contributed by atoms with Crippen molar-refractivity contribution in [2.24, 2.45) is 0 Å². The molecule has 0 atom stereocenters. The molecule has 158 valence electrons. The van der Waals surface area contributed by atoms with Crippen molar-refractivity contribution in [3.05, 3.63) is 72.3 Å². The number of hydrogen-bond donors (Lipinski definition) is 2. The summed E-state index contributed by atoms with van der Waals surface area (Å²) >= 11 is 0. The van der Waals surface area contributed by atoms with E-state index in [4.69, 9.17) is 9.47 Å². The van der Waals surface area contributed by atoms with Crippen LogP contribution in [0, 0.1) is 6.92 Å². The number of nitrogens with one attached hydrogen (secondary N) is 2. The number of benzene rings is 2. The van der Waals surface area contributed by atoms with E-state index in [1.807, 2.05) is 50.4 Å². The summed E-state index contributed by atoms with van der Waals surface area (Å²) in [5, 5.41) is 6.83. The average Bonchev–Trinajstić information content (AvgIpc) is 3.17. The predicted molar refractivity (Wildman–Crippen MR) is 119 cm³/mol. The maximum Gasteiger partial charge on any atom is 0.330 e. The molecule has 2 heterocycles. The summed E-state index contributed by atoms with van der Waals surface area (Å²) in [5.41, 5.74) is 3.27. The van der Waals surface area contributed by atoms with Crippen molar-refractivity contribution in [3.63, 3.8) is 0 Å². The highest BCUT2D eigenvalue weighted by Crippen LogP contribution is 2.26. The Hall–Kier alpha value is -3.91. The van der Waals surface area contributed by atoms with E-state index in [0.717, 1.165) is 22.2 Å². The Kier molecular flexibility index (Phi) is 5.81. The largest absolute Gasteiger partial charge is 0.497 e. The molecule has 4 aromatic rings. The Bertz CT molecular complexity index is 1240. The van der Waals surface area contributed by atoms with Gasteiger partial charge >= 0.3 is 6.03 Å². The first-order valence-corrected chi connectivity index (χ1v) is 9.77. The second kappa shape index (κ2) is 8.85. The zero-order valence-electron chi connectivity index (χ0n) is 17.5. The van der Waals surface area contributed by atoms with Gasteiger partial charge in [0.25, 0.3) is 0 Å². The van der Waals surface area contributed by atoms with Gasteiger partial charge in [-0.1, -0.05) is 0 Å². The maximum absolute atomic E-state index is 12.8. The van der Waals surface area contributed by atoms with Gasteiger partial charge in [0.1, 0.15) is 17.8 Å². The minimum absolute atomic E-state index is 0.260. The molecular weight excluding hydrogens is 394 g/mol. The van der Waals surface area contributed by atoms with Crippen molar-refractivity contribution < 1.29 is 14.3 Å². The SMILES string of the molecule is CNCc1cc(Oc2ccc3c(ccn3C(=O)Nc3cc(C)cc(OC)c3)c2)ncn1. The predicted octanol–water partition coefficient (Wildman–Crippen LogP) is 4.34. The van der Waals surface area contributed by atoms with Crippen LogP contribution in [0.15, 0.2) is 61.1 Å². The fourth-order valence-corrected chi connectivity index (χ4v) is 3.31. The summed E-state index contributed by atoms with van der Waals surface area (Å²) in [6.07, 6.45) is 3.20. The molecule has 0 aliphatic heterocycles. The highest BCUT2D eigenvalue weighted by Gasteiger charge is 2.11. The monoisotopic (exact) mass is 417 g/mol. The third-order valence-corrected chi connectivity index (χ3v) is 4.70. The average molecular weight is 417 g/mol. The number of aromatic nitrogens is 3. The minimum atomic E-state index is -0.260. The zero-order valence-corrected chi connectivity index (χ0v) is 17.5. The fourth-order valence-electron chi connectivity index (χ4n) is 3.31. The second-order valence-corrected chi connectivity index (χ2v) is 7.06. The first-order valence-electron chi connectivity index (χ1n) is 9.77. The molecule has 0 aliphatic carbocycles. The lowest BCUT2D eigenvalue weighted by molar-refractivity contribution is 0.254. The van der Waals surface area contributed by atoms with Crippen LogP contribution in [-0.4, -0.2) is 34.7 Å². The van der Waals surface area contributed by atoms with Gasteiger partial charge < -0.3 is 20.1 Å². The number of hydrogen-bond acceptors (Lipinski definition) is 6. The molecule has 1 amide bonds. The third-order valence-electron chi connectivity index (χ3n) is 4.70. The van der Waals surface area contributed by atoms with Crippen LogP contribution in [-0.2, 0) is 6.54 Å². The summed E-state index contributed by atoms with van der Waals surface area (Å²) in [6.45, 7) is 2.58. The Morgan fingerprint density at radius 2 is 1.94 bits per heavy atom. The number of fused-ring (bicyclic) bond motifs is 1. The summed E-state index contributed by atoms with van der Waals surface area (Å²) in [5.74, 6) is 1.78. The second-order valence-electron chi connectivity index (χ2n) is 7.06. The summed E-state index contributed by atoms with van der Waals surface area (Å²) in [4.78, 5) is 21.2. The maximum atomic E-state index is 12.8. The van der Waals surface area contributed by atoms with Gasteiger partial charge in [-0.15, -0.1) is 0 Å².